The maximum absolute atomic E-state index is 6.20. The van der Waals surface area contributed by atoms with Gasteiger partial charge in [0, 0.05) is 0 Å². The van der Waals surface area contributed by atoms with Crippen molar-refractivity contribution in [2.75, 3.05) is 25.1 Å². The molecule has 1 unspecified atom stereocenters. The largest absolute Gasteiger partial charge is 0.486 e. The third-order valence-corrected chi connectivity index (χ3v) is 3.94. The maximum atomic E-state index is 6.20. The van der Waals surface area contributed by atoms with Gasteiger partial charge in [0.05, 0.1) is 17.3 Å². The Morgan fingerprint density at radius 3 is 2.81 bits per heavy atom. The average molecular weight is 304 g/mol. The third kappa shape index (κ3) is 2.25. The lowest BCUT2D eigenvalue weighted by molar-refractivity contribution is 0.169. The lowest BCUT2D eigenvalue weighted by Gasteiger charge is -2.29. The molecule has 4 nitrogen and oxygen atoms in total. The van der Waals surface area contributed by atoms with Crippen molar-refractivity contribution in [3.8, 4) is 17.2 Å². The van der Waals surface area contributed by atoms with Gasteiger partial charge in [-0.15, -0.1) is 0 Å². The van der Waals surface area contributed by atoms with E-state index in [0.29, 0.717) is 30.5 Å². The molecule has 0 bridgehead atoms. The molecule has 0 aromatic heterocycles. The van der Waals surface area contributed by atoms with Gasteiger partial charge in [0.1, 0.15) is 19.3 Å². The summed E-state index contributed by atoms with van der Waals surface area (Å²) >= 11 is 6.20. The molecule has 0 fully saturated rings. The van der Waals surface area contributed by atoms with Crippen molar-refractivity contribution in [3.63, 3.8) is 0 Å². The standard InChI is InChI=1S/C16H14ClNO3/c17-11-2-1-3-12-16(11)21-15(9-18-12)10-4-5-13-14(8-10)20-7-6-19-13/h1-5,8,15,18H,6-7,9H2. The predicted molar refractivity (Wildman–Crippen MR) is 80.7 cm³/mol. The molecular weight excluding hydrogens is 290 g/mol. The highest BCUT2D eigenvalue weighted by atomic mass is 35.5. The van der Waals surface area contributed by atoms with Gasteiger partial charge in [0.2, 0.25) is 0 Å². The lowest BCUT2D eigenvalue weighted by Crippen LogP contribution is -2.24. The minimum atomic E-state index is -0.103. The van der Waals surface area contributed by atoms with Gasteiger partial charge < -0.3 is 19.5 Å². The molecule has 0 saturated heterocycles. The number of hydrogen-bond acceptors (Lipinski definition) is 4. The van der Waals surface area contributed by atoms with E-state index in [1.807, 2.05) is 36.4 Å². The van der Waals surface area contributed by atoms with Crippen molar-refractivity contribution < 1.29 is 14.2 Å². The van der Waals surface area contributed by atoms with Crippen LogP contribution in [0.15, 0.2) is 36.4 Å². The first-order chi connectivity index (χ1) is 10.3. The van der Waals surface area contributed by atoms with Crippen molar-refractivity contribution in [1.82, 2.24) is 0 Å². The molecule has 4 rings (SSSR count). The van der Waals surface area contributed by atoms with Gasteiger partial charge in [-0.25, -0.2) is 0 Å². The molecule has 1 N–H and O–H groups in total. The van der Waals surface area contributed by atoms with E-state index in [4.69, 9.17) is 25.8 Å². The number of anilines is 1. The molecule has 0 radical (unpaired) electrons. The van der Waals surface area contributed by atoms with Gasteiger partial charge in [-0.05, 0) is 29.8 Å². The molecule has 108 valence electrons. The van der Waals surface area contributed by atoms with Crippen molar-refractivity contribution in [1.29, 1.82) is 0 Å². The van der Waals surface area contributed by atoms with E-state index >= 15 is 0 Å². The van der Waals surface area contributed by atoms with E-state index in [0.717, 1.165) is 22.7 Å². The fourth-order valence-corrected chi connectivity index (χ4v) is 2.82. The summed E-state index contributed by atoms with van der Waals surface area (Å²) in [4.78, 5) is 0. The molecule has 0 spiro atoms. The van der Waals surface area contributed by atoms with Crippen LogP contribution < -0.4 is 19.5 Å². The summed E-state index contributed by atoms with van der Waals surface area (Å²) < 4.78 is 17.2. The third-order valence-electron chi connectivity index (χ3n) is 3.64. The molecular formula is C16H14ClNO3. The Morgan fingerprint density at radius 2 is 1.90 bits per heavy atom. The molecule has 2 heterocycles. The van der Waals surface area contributed by atoms with E-state index in [-0.39, 0.29) is 6.10 Å². The fourth-order valence-electron chi connectivity index (χ4n) is 2.60. The Bertz CT molecular complexity index is 689. The summed E-state index contributed by atoms with van der Waals surface area (Å²) in [7, 11) is 0. The van der Waals surface area contributed by atoms with Gasteiger partial charge in [-0.3, -0.25) is 0 Å². The second kappa shape index (κ2) is 5.04. The van der Waals surface area contributed by atoms with Crippen LogP contribution in [0, 0.1) is 0 Å². The first-order valence-corrected chi connectivity index (χ1v) is 7.27. The topological polar surface area (TPSA) is 39.7 Å². The van der Waals surface area contributed by atoms with Crippen LogP contribution in [-0.2, 0) is 0 Å². The number of rotatable bonds is 1. The normalized spacial score (nSPS) is 19.2. The second-order valence-electron chi connectivity index (χ2n) is 5.01. The highest BCUT2D eigenvalue weighted by Crippen LogP contribution is 2.41. The van der Waals surface area contributed by atoms with Crippen LogP contribution in [0.2, 0.25) is 5.02 Å². The van der Waals surface area contributed by atoms with Gasteiger partial charge >= 0.3 is 0 Å². The van der Waals surface area contributed by atoms with E-state index < -0.39 is 0 Å². The van der Waals surface area contributed by atoms with E-state index in [1.54, 1.807) is 0 Å². The zero-order chi connectivity index (χ0) is 14.2. The zero-order valence-corrected chi connectivity index (χ0v) is 12.0. The SMILES string of the molecule is Clc1cccc2c1OC(c1ccc3c(c1)OCCO3)CN2. The fraction of sp³-hybridized carbons (Fsp3) is 0.250. The quantitative estimate of drug-likeness (QED) is 0.873. The van der Waals surface area contributed by atoms with E-state index in [2.05, 4.69) is 5.32 Å². The minimum absolute atomic E-state index is 0.103. The summed E-state index contributed by atoms with van der Waals surface area (Å²) in [6, 6.07) is 11.6. The molecule has 5 heteroatoms. The Hall–Kier alpha value is -2.07. The van der Waals surface area contributed by atoms with Gasteiger partial charge in [0.25, 0.3) is 0 Å². The van der Waals surface area contributed by atoms with Crippen LogP contribution >= 0.6 is 11.6 Å². The van der Waals surface area contributed by atoms with E-state index in [1.165, 1.54) is 0 Å². The number of benzene rings is 2. The number of fused-ring (bicyclic) bond motifs is 2. The molecule has 0 saturated carbocycles. The molecule has 2 aliphatic heterocycles. The Kier molecular flexibility index (Phi) is 3.04. The average Bonchev–Trinajstić information content (AvgIpc) is 2.54. The van der Waals surface area contributed by atoms with Crippen LogP contribution in [0.1, 0.15) is 11.7 Å². The number of para-hydroxylation sites is 1. The molecule has 0 aliphatic carbocycles. The molecule has 2 aromatic rings. The van der Waals surface area contributed by atoms with Gasteiger partial charge in [0.15, 0.2) is 17.2 Å². The highest BCUT2D eigenvalue weighted by molar-refractivity contribution is 6.32. The van der Waals surface area contributed by atoms with Crippen LogP contribution in [-0.4, -0.2) is 19.8 Å². The first kappa shape index (κ1) is 12.7. The van der Waals surface area contributed by atoms with Crippen molar-refractivity contribution in [2.24, 2.45) is 0 Å². The Labute approximate surface area is 127 Å². The summed E-state index contributed by atoms with van der Waals surface area (Å²) in [6.07, 6.45) is -0.103. The second-order valence-corrected chi connectivity index (χ2v) is 5.41. The summed E-state index contributed by atoms with van der Waals surface area (Å²) in [5, 5.41) is 3.96. The highest BCUT2D eigenvalue weighted by Gasteiger charge is 2.24. The molecule has 1 atom stereocenters. The zero-order valence-electron chi connectivity index (χ0n) is 11.3. The van der Waals surface area contributed by atoms with Crippen LogP contribution in [0.3, 0.4) is 0 Å². The minimum Gasteiger partial charge on any atom is -0.486 e. The Balaban J connectivity index is 1.65. The maximum Gasteiger partial charge on any atom is 0.161 e. The summed E-state index contributed by atoms with van der Waals surface area (Å²) in [6.45, 7) is 1.86. The monoisotopic (exact) mass is 303 g/mol. The number of halogens is 1. The smallest absolute Gasteiger partial charge is 0.161 e. The molecule has 2 aliphatic rings. The Morgan fingerprint density at radius 1 is 1.05 bits per heavy atom. The molecule has 21 heavy (non-hydrogen) atoms. The predicted octanol–water partition coefficient (Wildman–Crippen LogP) is 3.66. The van der Waals surface area contributed by atoms with Crippen molar-refractivity contribution in [3.05, 3.63) is 47.0 Å². The number of hydrogen-bond donors (Lipinski definition) is 1. The van der Waals surface area contributed by atoms with Gasteiger partial charge in [-0.2, -0.15) is 0 Å². The van der Waals surface area contributed by atoms with Crippen molar-refractivity contribution in [2.45, 2.75) is 6.10 Å². The number of ether oxygens (including phenoxy) is 3. The molecule has 2 aromatic carbocycles. The molecule has 0 amide bonds. The lowest BCUT2D eigenvalue weighted by atomic mass is 10.1. The van der Waals surface area contributed by atoms with Crippen molar-refractivity contribution >= 4 is 17.3 Å². The summed E-state index contributed by atoms with van der Waals surface area (Å²) in [5.74, 6) is 2.25. The van der Waals surface area contributed by atoms with Gasteiger partial charge in [-0.1, -0.05) is 23.7 Å². The van der Waals surface area contributed by atoms with Crippen LogP contribution in [0.25, 0.3) is 0 Å². The first-order valence-electron chi connectivity index (χ1n) is 6.90. The van der Waals surface area contributed by atoms with Crippen LogP contribution in [0.4, 0.5) is 5.69 Å². The van der Waals surface area contributed by atoms with E-state index in [9.17, 15) is 0 Å². The van der Waals surface area contributed by atoms with Crippen LogP contribution in [0.5, 0.6) is 17.2 Å². The number of nitrogens with one attached hydrogen (secondary N) is 1. The summed E-state index contributed by atoms with van der Waals surface area (Å²) in [5.41, 5.74) is 1.97.